The molecule has 4 nitrogen and oxygen atoms in total. The third-order valence-electron chi connectivity index (χ3n) is 3.04. The van der Waals surface area contributed by atoms with E-state index in [-0.39, 0.29) is 5.97 Å². The molecular weight excluding hydrogens is 364 g/mol. The number of hydrogen-bond donors (Lipinski definition) is 1. The maximum absolute atomic E-state index is 11.7. The van der Waals surface area contributed by atoms with Gasteiger partial charge in [0.05, 0.1) is 6.61 Å². The Bertz CT molecular complexity index is 601. The molecule has 0 fully saturated rings. The van der Waals surface area contributed by atoms with Gasteiger partial charge in [-0.3, -0.25) is 0 Å². The summed E-state index contributed by atoms with van der Waals surface area (Å²) in [5.41, 5.74) is 1.72. The molecule has 1 heterocycles. The molecule has 1 aromatic heterocycles. The van der Waals surface area contributed by atoms with Crippen molar-refractivity contribution in [3.8, 4) is 0 Å². The number of thiazole rings is 1. The molecule has 0 aliphatic rings. The fourth-order valence-corrected chi connectivity index (χ4v) is 3.56. The average molecular weight is 383 g/mol. The van der Waals surface area contributed by atoms with E-state index in [9.17, 15) is 4.79 Å². The molecular formula is C16H19BrN2O2S. The first-order valence-corrected chi connectivity index (χ1v) is 8.88. The number of ether oxygens (including phenoxy) is 1. The van der Waals surface area contributed by atoms with E-state index >= 15 is 0 Å². The van der Waals surface area contributed by atoms with Gasteiger partial charge in [0.2, 0.25) is 0 Å². The molecule has 0 aliphatic carbocycles. The van der Waals surface area contributed by atoms with Crippen LogP contribution in [0.5, 0.6) is 0 Å². The summed E-state index contributed by atoms with van der Waals surface area (Å²) in [5, 5.41) is 4.24. The average Bonchev–Trinajstić information content (AvgIpc) is 2.89. The number of benzene rings is 1. The zero-order chi connectivity index (χ0) is 15.8. The van der Waals surface area contributed by atoms with Crippen molar-refractivity contribution in [2.45, 2.75) is 26.3 Å². The third-order valence-corrected chi connectivity index (χ3v) is 4.74. The lowest BCUT2D eigenvalue weighted by Gasteiger charge is -2.03. The van der Waals surface area contributed by atoms with Crippen LogP contribution >= 0.6 is 27.3 Å². The molecule has 0 saturated heterocycles. The van der Waals surface area contributed by atoms with Crippen LogP contribution in [-0.2, 0) is 17.7 Å². The van der Waals surface area contributed by atoms with Crippen molar-refractivity contribution in [1.82, 2.24) is 10.3 Å². The summed E-state index contributed by atoms with van der Waals surface area (Å²) in [6.07, 6.45) is 2.13. The number of nitrogens with one attached hydrogen (secondary N) is 1. The largest absolute Gasteiger partial charge is 0.461 e. The minimum atomic E-state index is -0.374. The molecule has 0 spiro atoms. The molecule has 0 saturated carbocycles. The van der Waals surface area contributed by atoms with Crippen LogP contribution in [0, 0.1) is 0 Å². The van der Waals surface area contributed by atoms with Crippen LogP contribution in [0.1, 0.15) is 34.4 Å². The van der Waals surface area contributed by atoms with Gasteiger partial charge in [0.25, 0.3) is 0 Å². The van der Waals surface area contributed by atoms with Gasteiger partial charge in [-0.2, -0.15) is 0 Å². The highest BCUT2D eigenvalue weighted by atomic mass is 79.9. The standard InChI is InChI=1S/C16H19BrN2O2S/c1-2-21-16(20)14-15(17)22-13(19-14)11-18-10-6-9-12-7-4-3-5-8-12/h3-5,7-8,18H,2,6,9-11H2,1H3. The molecule has 0 bridgehead atoms. The summed E-state index contributed by atoms with van der Waals surface area (Å²) in [5.74, 6) is -0.374. The number of rotatable bonds is 8. The first-order valence-electron chi connectivity index (χ1n) is 7.27. The first-order chi connectivity index (χ1) is 10.7. The van der Waals surface area contributed by atoms with Gasteiger partial charge in [-0.1, -0.05) is 30.3 Å². The number of esters is 1. The van der Waals surface area contributed by atoms with E-state index < -0.39 is 0 Å². The summed E-state index contributed by atoms with van der Waals surface area (Å²) < 4.78 is 5.70. The Morgan fingerprint density at radius 1 is 1.36 bits per heavy atom. The third kappa shape index (κ3) is 5.19. The summed E-state index contributed by atoms with van der Waals surface area (Å²) in [7, 11) is 0. The molecule has 1 N–H and O–H groups in total. The first kappa shape index (κ1) is 17.1. The second-order valence-corrected chi connectivity index (χ2v) is 7.12. The van der Waals surface area contributed by atoms with Gasteiger partial charge in [-0.25, -0.2) is 9.78 Å². The van der Waals surface area contributed by atoms with Gasteiger partial charge in [-0.05, 0) is 47.8 Å². The van der Waals surface area contributed by atoms with Gasteiger partial charge < -0.3 is 10.1 Å². The Morgan fingerprint density at radius 3 is 2.86 bits per heavy atom. The van der Waals surface area contributed by atoms with Crippen molar-refractivity contribution < 1.29 is 9.53 Å². The van der Waals surface area contributed by atoms with E-state index in [0.29, 0.717) is 18.8 Å². The van der Waals surface area contributed by atoms with Crippen LogP contribution in [-0.4, -0.2) is 24.1 Å². The Hall–Kier alpha value is -1.24. The Balaban J connectivity index is 1.73. The smallest absolute Gasteiger partial charge is 0.359 e. The second kappa shape index (κ2) is 9.02. The fraction of sp³-hybridized carbons (Fsp3) is 0.375. The van der Waals surface area contributed by atoms with E-state index in [1.165, 1.54) is 16.9 Å². The highest BCUT2D eigenvalue weighted by Crippen LogP contribution is 2.25. The van der Waals surface area contributed by atoms with Crippen molar-refractivity contribution in [3.05, 3.63) is 50.4 Å². The number of carbonyl (C=O) groups is 1. The number of aromatic nitrogens is 1. The molecule has 22 heavy (non-hydrogen) atoms. The maximum Gasteiger partial charge on any atom is 0.359 e. The highest BCUT2D eigenvalue weighted by Gasteiger charge is 2.17. The van der Waals surface area contributed by atoms with Crippen molar-refractivity contribution in [2.24, 2.45) is 0 Å². The molecule has 0 aliphatic heterocycles. The number of carbonyl (C=O) groups excluding carboxylic acids is 1. The van der Waals surface area contributed by atoms with E-state index in [1.807, 2.05) is 6.07 Å². The maximum atomic E-state index is 11.7. The van der Waals surface area contributed by atoms with Crippen LogP contribution in [0.4, 0.5) is 0 Å². The molecule has 0 atom stereocenters. The Labute approximate surface area is 143 Å². The number of halogens is 1. The van der Waals surface area contributed by atoms with Crippen molar-refractivity contribution in [3.63, 3.8) is 0 Å². The van der Waals surface area contributed by atoms with Crippen LogP contribution in [0.25, 0.3) is 0 Å². The topological polar surface area (TPSA) is 51.2 Å². The van der Waals surface area contributed by atoms with Crippen LogP contribution < -0.4 is 5.32 Å². The zero-order valence-corrected chi connectivity index (χ0v) is 14.9. The summed E-state index contributed by atoms with van der Waals surface area (Å²) in [6.45, 7) is 3.72. The normalized spacial score (nSPS) is 10.6. The number of nitrogens with zero attached hydrogens (tertiary/aromatic N) is 1. The molecule has 1 aromatic carbocycles. The van der Waals surface area contributed by atoms with Gasteiger partial charge in [0.1, 0.15) is 8.79 Å². The van der Waals surface area contributed by atoms with E-state index in [2.05, 4.69) is 50.5 Å². The fourth-order valence-electron chi connectivity index (χ4n) is 2.00. The minimum absolute atomic E-state index is 0.357. The van der Waals surface area contributed by atoms with Crippen molar-refractivity contribution >= 4 is 33.2 Å². The molecule has 0 radical (unpaired) electrons. The quantitative estimate of drug-likeness (QED) is 0.557. The predicted octanol–water partition coefficient (Wildman–Crippen LogP) is 3.80. The monoisotopic (exact) mass is 382 g/mol. The molecule has 6 heteroatoms. The van der Waals surface area contributed by atoms with Gasteiger partial charge >= 0.3 is 5.97 Å². The predicted molar refractivity (Wildman–Crippen MR) is 92.2 cm³/mol. The number of aryl methyl sites for hydroxylation is 1. The molecule has 0 unspecified atom stereocenters. The van der Waals surface area contributed by atoms with Crippen LogP contribution in [0.3, 0.4) is 0 Å². The van der Waals surface area contributed by atoms with Gasteiger partial charge in [-0.15, -0.1) is 11.3 Å². The summed E-state index contributed by atoms with van der Waals surface area (Å²) in [4.78, 5) is 16.0. The van der Waals surface area contributed by atoms with E-state index in [0.717, 1.165) is 28.2 Å². The molecule has 118 valence electrons. The molecule has 2 rings (SSSR count). The second-order valence-electron chi connectivity index (χ2n) is 4.72. The zero-order valence-electron chi connectivity index (χ0n) is 12.5. The van der Waals surface area contributed by atoms with E-state index in [1.54, 1.807) is 6.92 Å². The lowest BCUT2D eigenvalue weighted by atomic mass is 10.1. The summed E-state index contributed by atoms with van der Waals surface area (Å²) in [6, 6.07) is 10.4. The molecule has 2 aromatic rings. The van der Waals surface area contributed by atoms with Gasteiger partial charge in [0, 0.05) is 6.54 Å². The molecule has 0 amide bonds. The Kier molecular flexibility index (Phi) is 7.02. The number of hydrogen-bond acceptors (Lipinski definition) is 5. The van der Waals surface area contributed by atoms with E-state index in [4.69, 9.17) is 4.74 Å². The summed E-state index contributed by atoms with van der Waals surface area (Å²) >= 11 is 4.83. The minimum Gasteiger partial charge on any atom is -0.461 e. The van der Waals surface area contributed by atoms with Crippen LogP contribution in [0.2, 0.25) is 0 Å². The highest BCUT2D eigenvalue weighted by molar-refractivity contribution is 9.11. The van der Waals surface area contributed by atoms with Crippen molar-refractivity contribution in [1.29, 1.82) is 0 Å². The Morgan fingerprint density at radius 2 is 2.14 bits per heavy atom. The lowest BCUT2D eigenvalue weighted by Crippen LogP contribution is -2.15. The van der Waals surface area contributed by atoms with Crippen LogP contribution in [0.15, 0.2) is 34.1 Å². The SMILES string of the molecule is CCOC(=O)c1nc(CNCCCc2ccccc2)sc1Br. The van der Waals surface area contributed by atoms with Gasteiger partial charge in [0.15, 0.2) is 5.69 Å². The van der Waals surface area contributed by atoms with Crippen molar-refractivity contribution in [2.75, 3.05) is 13.2 Å². The lowest BCUT2D eigenvalue weighted by molar-refractivity contribution is 0.0519.